The van der Waals surface area contributed by atoms with Gasteiger partial charge in [-0.3, -0.25) is 4.79 Å². The number of ether oxygens (including phenoxy) is 3. The van der Waals surface area contributed by atoms with Crippen molar-refractivity contribution in [1.82, 2.24) is 0 Å². The second-order valence-corrected chi connectivity index (χ2v) is 4.87. The quantitative estimate of drug-likeness (QED) is 0.870. The lowest BCUT2D eigenvalue weighted by molar-refractivity contribution is -0.123. The fraction of sp³-hybridized carbons (Fsp3) is 0.250. The summed E-state index contributed by atoms with van der Waals surface area (Å²) >= 11 is 0. The molecule has 120 valence electrons. The van der Waals surface area contributed by atoms with E-state index in [-0.39, 0.29) is 5.76 Å². The van der Waals surface area contributed by atoms with E-state index in [1.54, 1.807) is 24.3 Å². The first-order valence-electron chi connectivity index (χ1n) is 7.08. The van der Waals surface area contributed by atoms with Crippen LogP contribution in [-0.4, -0.2) is 31.2 Å². The SMILES string of the molecule is C[C@@H](OC(=O)c1ccco1)C(=O)Nc1ccc2c(c1)OCCO2. The van der Waals surface area contributed by atoms with E-state index in [0.29, 0.717) is 30.4 Å². The molecule has 0 saturated carbocycles. The summed E-state index contributed by atoms with van der Waals surface area (Å²) in [7, 11) is 0. The molecular weight excluding hydrogens is 302 g/mol. The van der Waals surface area contributed by atoms with Gasteiger partial charge in [-0.15, -0.1) is 0 Å². The number of nitrogens with one attached hydrogen (secondary N) is 1. The zero-order valence-corrected chi connectivity index (χ0v) is 12.4. The molecule has 1 aliphatic heterocycles. The molecule has 7 nitrogen and oxygen atoms in total. The lowest BCUT2D eigenvalue weighted by Gasteiger charge is -2.19. The second-order valence-electron chi connectivity index (χ2n) is 4.87. The van der Waals surface area contributed by atoms with Crippen molar-refractivity contribution in [2.45, 2.75) is 13.0 Å². The van der Waals surface area contributed by atoms with Crippen LogP contribution in [0.5, 0.6) is 11.5 Å². The van der Waals surface area contributed by atoms with E-state index in [2.05, 4.69) is 5.32 Å². The highest BCUT2D eigenvalue weighted by atomic mass is 16.6. The molecule has 0 aliphatic carbocycles. The number of rotatable bonds is 4. The van der Waals surface area contributed by atoms with Crippen LogP contribution in [0.2, 0.25) is 0 Å². The third-order valence-electron chi connectivity index (χ3n) is 3.19. The summed E-state index contributed by atoms with van der Waals surface area (Å²) in [6, 6.07) is 8.09. The molecule has 0 radical (unpaired) electrons. The molecule has 1 amide bonds. The Labute approximate surface area is 132 Å². The van der Waals surface area contributed by atoms with E-state index in [4.69, 9.17) is 18.6 Å². The minimum absolute atomic E-state index is 0.0454. The minimum atomic E-state index is -0.971. The maximum atomic E-state index is 12.1. The Bertz CT molecular complexity index is 709. The minimum Gasteiger partial charge on any atom is -0.486 e. The zero-order chi connectivity index (χ0) is 16.2. The first-order valence-corrected chi connectivity index (χ1v) is 7.08. The Balaban J connectivity index is 1.61. The Morgan fingerprint density at radius 3 is 2.70 bits per heavy atom. The van der Waals surface area contributed by atoms with Crippen LogP contribution in [0, 0.1) is 0 Å². The predicted octanol–water partition coefficient (Wildman–Crippen LogP) is 2.23. The van der Waals surface area contributed by atoms with Gasteiger partial charge >= 0.3 is 5.97 Å². The number of benzene rings is 1. The molecule has 0 fully saturated rings. The molecule has 1 N–H and O–H groups in total. The van der Waals surface area contributed by atoms with Gasteiger partial charge in [0.15, 0.2) is 17.6 Å². The Morgan fingerprint density at radius 2 is 1.96 bits per heavy atom. The number of hydrogen-bond donors (Lipinski definition) is 1. The Kier molecular flexibility index (Phi) is 4.18. The number of carbonyl (C=O) groups excluding carboxylic acids is 2. The average molecular weight is 317 g/mol. The van der Waals surface area contributed by atoms with E-state index in [1.165, 1.54) is 19.3 Å². The fourth-order valence-electron chi connectivity index (χ4n) is 2.03. The number of hydrogen-bond acceptors (Lipinski definition) is 6. The Hall–Kier alpha value is -2.96. The molecule has 1 aliphatic rings. The zero-order valence-electron chi connectivity index (χ0n) is 12.4. The van der Waals surface area contributed by atoms with Crippen molar-refractivity contribution in [3.05, 3.63) is 42.4 Å². The van der Waals surface area contributed by atoms with Crippen LogP contribution < -0.4 is 14.8 Å². The van der Waals surface area contributed by atoms with Crippen LogP contribution in [0.3, 0.4) is 0 Å². The highest BCUT2D eigenvalue weighted by molar-refractivity contribution is 5.96. The van der Waals surface area contributed by atoms with Gasteiger partial charge in [0.05, 0.1) is 6.26 Å². The number of esters is 1. The van der Waals surface area contributed by atoms with Crippen LogP contribution in [0.15, 0.2) is 41.0 Å². The third kappa shape index (κ3) is 3.45. The molecule has 7 heteroatoms. The molecule has 0 bridgehead atoms. The van der Waals surface area contributed by atoms with Gasteiger partial charge in [0.2, 0.25) is 5.76 Å². The highest BCUT2D eigenvalue weighted by Crippen LogP contribution is 2.32. The topological polar surface area (TPSA) is 87.0 Å². The molecule has 1 aromatic carbocycles. The first-order chi connectivity index (χ1) is 11.1. The molecule has 0 saturated heterocycles. The van der Waals surface area contributed by atoms with E-state index >= 15 is 0 Å². The number of fused-ring (bicyclic) bond motifs is 1. The molecule has 0 unspecified atom stereocenters. The highest BCUT2D eigenvalue weighted by Gasteiger charge is 2.21. The standard InChI is InChI=1S/C16H15NO6/c1-10(23-16(19)13-3-2-6-20-13)15(18)17-11-4-5-12-14(9-11)22-8-7-21-12/h2-6,9-10H,7-8H2,1H3,(H,17,18)/t10-/m1/s1. The van der Waals surface area contributed by atoms with Crippen molar-refractivity contribution >= 4 is 17.6 Å². The number of furan rings is 1. The molecule has 2 aromatic rings. The fourth-order valence-corrected chi connectivity index (χ4v) is 2.03. The molecule has 0 spiro atoms. The van der Waals surface area contributed by atoms with Crippen LogP contribution in [-0.2, 0) is 9.53 Å². The molecular formula is C16H15NO6. The number of amides is 1. The first kappa shape index (κ1) is 15.0. The van der Waals surface area contributed by atoms with Crippen LogP contribution in [0.1, 0.15) is 17.5 Å². The summed E-state index contributed by atoms with van der Waals surface area (Å²) in [6.07, 6.45) is 0.386. The van der Waals surface area contributed by atoms with E-state index in [9.17, 15) is 9.59 Å². The van der Waals surface area contributed by atoms with E-state index in [0.717, 1.165) is 0 Å². The van der Waals surface area contributed by atoms with Gasteiger partial charge < -0.3 is 23.9 Å². The van der Waals surface area contributed by atoms with Gasteiger partial charge in [-0.05, 0) is 31.2 Å². The largest absolute Gasteiger partial charge is 0.486 e. The van der Waals surface area contributed by atoms with Crippen LogP contribution >= 0.6 is 0 Å². The van der Waals surface area contributed by atoms with Crippen molar-refractivity contribution in [3.8, 4) is 11.5 Å². The second kappa shape index (κ2) is 6.43. The van der Waals surface area contributed by atoms with Crippen molar-refractivity contribution in [2.75, 3.05) is 18.5 Å². The van der Waals surface area contributed by atoms with Gasteiger partial charge in [-0.25, -0.2) is 4.79 Å². The predicted molar refractivity (Wildman–Crippen MR) is 79.6 cm³/mol. The summed E-state index contributed by atoms with van der Waals surface area (Å²) in [4.78, 5) is 23.8. The van der Waals surface area contributed by atoms with Gasteiger partial charge in [0, 0.05) is 11.8 Å². The van der Waals surface area contributed by atoms with Gasteiger partial charge in [-0.2, -0.15) is 0 Å². The number of anilines is 1. The van der Waals surface area contributed by atoms with Crippen molar-refractivity contribution in [3.63, 3.8) is 0 Å². The molecule has 3 rings (SSSR count). The summed E-state index contributed by atoms with van der Waals surface area (Å²) in [5, 5.41) is 2.66. The molecule has 2 heterocycles. The lowest BCUT2D eigenvalue weighted by atomic mass is 10.2. The summed E-state index contributed by atoms with van der Waals surface area (Å²) in [5.41, 5.74) is 0.528. The molecule has 1 aromatic heterocycles. The third-order valence-corrected chi connectivity index (χ3v) is 3.19. The molecule has 1 atom stereocenters. The average Bonchev–Trinajstić information content (AvgIpc) is 3.09. The maximum absolute atomic E-state index is 12.1. The van der Waals surface area contributed by atoms with Gasteiger partial charge in [0.25, 0.3) is 5.91 Å². The van der Waals surface area contributed by atoms with Crippen LogP contribution in [0.4, 0.5) is 5.69 Å². The van der Waals surface area contributed by atoms with Crippen LogP contribution in [0.25, 0.3) is 0 Å². The van der Waals surface area contributed by atoms with Gasteiger partial charge in [-0.1, -0.05) is 0 Å². The Morgan fingerprint density at radius 1 is 1.17 bits per heavy atom. The van der Waals surface area contributed by atoms with E-state index in [1.807, 2.05) is 0 Å². The smallest absolute Gasteiger partial charge is 0.374 e. The summed E-state index contributed by atoms with van der Waals surface area (Å²) < 4.78 is 20.8. The van der Waals surface area contributed by atoms with Crippen molar-refractivity contribution < 1.29 is 28.2 Å². The van der Waals surface area contributed by atoms with E-state index < -0.39 is 18.0 Å². The summed E-state index contributed by atoms with van der Waals surface area (Å²) in [5.74, 6) is 0.0891. The molecule has 23 heavy (non-hydrogen) atoms. The van der Waals surface area contributed by atoms with Gasteiger partial charge in [0.1, 0.15) is 13.2 Å². The summed E-state index contributed by atoms with van der Waals surface area (Å²) in [6.45, 7) is 2.44. The van der Waals surface area contributed by atoms with Crippen molar-refractivity contribution in [2.24, 2.45) is 0 Å². The maximum Gasteiger partial charge on any atom is 0.374 e. The number of carbonyl (C=O) groups is 2. The lowest BCUT2D eigenvalue weighted by Crippen LogP contribution is -2.30. The monoisotopic (exact) mass is 317 g/mol. The normalized spacial score (nSPS) is 14.0. The van der Waals surface area contributed by atoms with Crippen molar-refractivity contribution in [1.29, 1.82) is 0 Å².